The van der Waals surface area contributed by atoms with Crippen LogP contribution in [0.4, 0.5) is 9.52 Å². The number of benzene rings is 1. The third-order valence-corrected chi connectivity index (χ3v) is 5.19. The van der Waals surface area contributed by atoms with Crippen molar-refractivity contribution >= 4 is 22.4 Å². The Hall–Kier alpha value is -1.95. The summed E-state index contributed by atoms with van der Waals surface area (Å²) in [6.45, 7) is 3.06. The number of aromatic nitrogens is 1. The molecule has 2 aromatic rings. The maximum absolute atomic E-state index is 13.9. The molecule has 1 N–H and O–H groups in total. The number of thiazole rings is 1. The van der Waals surface area contributed by atoms with Crippen molar-refractivity contribution in [2.24, 2.45) is 0 Å². The molecule has 0 unspecified atom stereocenters. The van der Waals surface area contributed by atoms with Crippen molar-refractivity contribution < 1.29 is 9.18 Å². The number of halogens is 1. The molecular formula is C16H18FN3OS. The maximum Gasteiger partial charge on any atom is 0.265 e. The minimum atomic E-state index is -0.187. The summed E-state index contributed by atoms with van der Waals surface area (Å²) in [7, 11) is 1.79. The number of hydrogen-bond acceptors (Lipinski definition) is 4. The van der Waals surface area contributed by atoms with Crippen LogP contribution in [-0.4, -0.2) is 35.9 Å². The highest BCUT2D eigenvalue weighted by Gasteiger charge is 2.31. The molecule has 2 heterocycles. The first-order chi connectivity index (χ1) is 10.6. The smallest absolute Gasteiger partial charge is 0.265 e. The molecule has 1 aliphatic heterocycles. The SMILES string of the molecule is CNc1nc(C)c(C(=O)N2CC[C@H](c3ccccc3F)C2)s1. The van der Waals surface area contributed by atoms with Crippen molar-refractivity contribution in [1.82, 2.24) is 9.88 Å². The molecule has 0 radical (unpaired) electrons. The van der Waals surface area contributed by atoms with Gasteiger partial charge in [-0.1, -0.05) is 29.5 Å². The van der Waals surface area contributed by atoms with E-state index in [2.05, 4.69) is 10.3 Å². The molecule has 1 atom stereocenters. The van der Waals surface area contributed by atoms with Crippen LogP contribution in [0.15, 0.2) is 24.3 Å². The van der Waals surface area contributed by atoms with E-state index in [0.717, 1.165) is 17.2 Å². The Bertz CT molecular complexity index is 700. The molecule has 22 heavy (non-hydrogen) atoms. The fourth-order valence-electron chi connectivity index (χ4n) is 2.85. The van der Waals surface area contributed by atoms with Crippen LogP contribution >= 0.6 is 11.3 Å². The lowest BCUT2D eigenvalue weighted by Crippen LogP contribution is -2.28. The molecule has 0 saturated carbocycles. The molecule has 1 aliphatic rings. The number of anilines is 1. The standard InChI is InChI=1S/C16H18FN3OS/c1-10-14(22-16(18-2)19-10)15(21)20-8-7-11(9-20)12-5-3-4-6-13(12)17/h3-6,11H,7-9H2,1-2H3,(H,18,19)/t11-/m0/s1. The Labute approximate surface area is 133 Å². The summed E-state index contributed by atoms with van der Waals surface area (Å²) in [5.74, 6) is -0.120. The van der Waals surface area contributed by atoms with Gasteiger partial charge in [0.25, 0.3) is 5.91 Å². The van der Waals surface area contributed by atoms with Gasteiger partial charge in [0.15, 0.2) is 5.13 Å². The number of nitrogens with zero attached hydrogens (tertiary/aromatic N) is 2. The lowest BCUT2D eigenvalue weighted by molar-refractivity contribution is 0.0794. The van der Waals surface area contributed by atoms with E-state index < -0.39 is 0 Å². The summed E-state index contributed by atoms with van der Waals surface area (Å²) in [5, 5.41) is 3.70. The summed E-state index contributed by atoms with van der Waals surface area (Å²) >= 11 is 1.37. The highest BCUT2D eigenvalue weighted by molar-refractivity contribution is 7.17. The normalized spacial score (nSPS) is 17.8. The molecule has 0 bridgehead atoms. The van der Waals surface area contributed by atoms with Gasteiger partial charge in [0.2, 0.25) is 0 Å². The average molecular weight is 319 g/mol. The Balaban J connectivity index is 1.76. The van der Waals surface area contributed by atoms with Gasteiger partial charge in [0, 0.05) is 26.1 Å². The second kappa shape index (κ2) is 6.04. The highest BCUT2D eigenvalue weighted by atomic mass is 32.1. The number of carbonyl (C=O) groups excluding carboxylic acids is 1. The second-order valence-electron chi connectivity index (χ2n) is 5.44. The van der Waals surface area contributed by atoms with Crippen molar-refractivity contribution in [2.45, 2.75) is 19.3 Å². The van der Waals surface area contributed by atoms with Gasteiger partial charge in [-0.3, -0.25) is 4.79 Å². The first-order valence-corrected chi connectivity index (χ1v) is 8.10. The third-order valence-electron chi connectivity index (χ3n) is 4.03. The number of nitrogens with one attached hydrogen (secondary N) is 1. The minimum absolute atomic E-state index is 0.00432. The minimum Gasteiger partial charge on any atom is -0.365 e. The van der Waals surface area contributed by atoms with E-state index in [9.17, 15) is 9.18 Å². The zero-order valence-corrected chi connectivity index (χ0v) is 13.4. The van der Waals surface area contributed by atoms with Crippen LogP contribution in [0.2, 0.25) is 0 Å². The van der Waals surface area contributed by atoms with Gasteiger partial charge < -0.3 is 10.2 Å². The van der Waals surface area contributed by atoms with Crippen LogP contribution in [0.25, 0.3) is 0 Å². The first-order valence-electron chi connectivity index (χ1n) is 7.29. The third kappa shape index (κ3) is 2.70. The lowest BCUT2D eigenvalue weighted by Gasteiger charge is -2.16. The fraction of sp³-hybridized carbons (Fsp3) is 0.375. The molecule has 0 spiro atoms. The van der Waals surface area contributed by atoms with E-state index in [1.54, 1.807) is 18.0 Å². The molecule has 6 heteroatoms. The summed E-state index contributed by atoms with van der Waals surface area (Å²) in [4.78, 5) is 19.4. The van der Waals surface area contributed by atoms with Crippen molar-refractivity contribution in [2.75, 3.05) is 25.5 Å². The quantitative estimate of drug-likeness (QED) is 0.944. The molecule has 4 nitrogen and oxygen atoms in total. The van der Waals surface area contributed by atoms with Gasteiger partial charge in [0.1, 0.15) is 10.7 Å². The first kappa shape index (κ1) is 15.0. The van der Waals surface area contributed by atoms with Crippen molar-refractivity contribution in [3.05, 3.63) is 46.2 Å². The van der Waals surface area contributed by atoms with Gasteiger partial charge in [-0.2, -0.15) is 0 Å². The van der Waals surface area contributed by atoms with Gasteiger partial charge in [-0.15, -0.1) is 0 Å². The Morgan fingerprint density at radius 3 is 2.91 bits per heavy atom. The summed E-state index contributed by atoms with van der Waals surface area (Å²) < 4.78 is 13.9. The number of rotatable bonds is 3. The van der Waals surface area contributed by atoms with Crippen molar-refractivity contribution in [3.63, 3.8) is 0 Å². The van der Waals surface area contributed by atoms with E-state index in [-0.39, 0.29) is 17.6 Å². The van der Waals surface area contributed by atoms with E-state index in [4.69, 9.17) is 0 Å². The molecule has 3 rings (SSSR count). The molecule has 1 aromatic carbocycles. The summed E-state index contributed by atoms with van der Waals surface area (Å²) in [6, 6.07) is 6.82. The molecule has 0 aliphatic carbocycles. The number of amides is 1. The van der Waals surface area contributed by atoms with E-state index >= 15 is 0 Å². The van der Waals surface area contributed by atoms with Crippen molar-refractivity contribution in [3.8, 4) is 0 Å². The summed E-state index contributed by atoms with van der Waals surface area (Å²) in [5.41, 5.74) is 1.45. The van der Waals surface area contributed by atoms with E-state index in [1.807, 2.05) is 19.1 Å². The van der Waals surface area contributed by atoms with Crippen LogP contribution in [0.5, 0.6) is 0 Å². The zero-order chi connectivity index (χ0) is 15.7. The Kier molecular flexibility index (Phi) is 4.11. The zero-order valence-electron chi connectivity index (χ0n) is 12.6. The topological polar surface area (TPSA) is 45.2 Å². The van der Waals surface area contributed by atoms with E-state index in [1.165, 1.54) is 17.4 Å². The molecule has 1 amide bonds. The van der Waals surface area contributed by atoms with E-state index in [0.29, 0.717) is 23.5 Å². The van der Waals surface area contributed by atoms with Crippen molar-refractivity contribution in [1.29, 1.82) is 0 Å². The number of likely N-dealkylation sites (tertiary alicyclic amines) is 1. The lowest BCUT2D eigenvalue weighted by atomic mass is 9.98. The molecule has 116 valence electrons. The van der Waals surface area contributed by atoms with Gasteiger partial charge in [-0.25, -0.2) is 9.37 Å². The second-order valence-corrected chi connectivity index (χ2v) is 6.44. The predicted molar refractivity (Wildman–Crippen MR) is 86.1 cm³/mol. The van der Waals surface area contributed by atoms with Crippen LogP contribution in [0.1, 0.15) is 33.3 Å². The van der Waals surface area contributed by atoms with Gasteiger partial charge >= 0.3 is 0 Å². The van der Waals surface area contributed by atoms with Gasteiger partial charge in [-0.05, 0) is 25.0 Å². The monoisotopic (exact) mass is 319 g/mol. The van der Waals surface area contributed by atoms with Crippen LogP contribution < -0.4 is 5.32 Å². The highest BCUT2D eigenvalue weighted by Crippen LogP contribution is 2.31. The fourth-order valence-corrected chi connectivity index (χ4v) is 3.74. The summed E-state index contributed by atoms with van der Waals surface area (Å²) in [6.07, 6.45) is 0.795. The van der Waals surface area contributed by atoms with Gasteiger partial charge in [0.05, 0.1) is 5.69 Å². The number of aryl methyl sites for hydroxylation is 1. The Morgan fingerprint density at radius 1 is 1.45 bits per heavy atom. The molecular weight excluding hydrogens is 301 g/mol. The Morgan fingerprint density at radius 2 is 2.23 bits per heavy atom. The largest absolute Gasteiger partial charge is 0.365 e. The molecule has 1 fully saturated rings. The molecule has 1 saturated heterocycles. The van der Waals surface area contributed by atoms with Crippen LogP contribution in [0.3, 0.4) is 0 Å². The van der Waals surface area contributed by atoms with Crippen LogP contribution in [0, 0.1) is 12.7 Å². The number of carbonyl (C=O) groups is 1. The molecule has 1 aromatic heterocycles. The maximum atomic E-state index is 13.9. The average Bonchev–Trinajstić information content (AvgIpc) is 3.14. The predicted octanol–water partition coefficient (Wildman–Crippen LogP) is 3.26. The van der Waals surface area contributed by atoms with Crippen LogP contribution in [-0.2, 0) is 0 Å². The number of hydrogen-bond donors (Lipinski definition) is 1.